The van der Waals surface area contributed by atoms with Gasteiger partial charge in [0.1, 0.15) is 0 Å². The molecule has 0 fully saturated rings. The minimum atomic E-state index is 0.190. The van der Waals surface area contributed by atoms with Crippen molar-refractivity contribution in [1.82, 2.24) is 15.0 Å². The van der Waals surface area contributed by atoms with E-state index in [4.69, 9.17) is 11.6 Å². The second-order valence-electron chi connectivity index (χ2n) is 4.73. The van der Waals surface area contributed by atoms with Crippen LogP contribution in [0.5, 0.6) is 0 Å². The van der Waals surface area contributed by atoms with E-state index in [0.717, 1.165) is 25.1 Å². The fourth-order valence-corrected chi connectivity index (χ4v) is 2.03. The number of hydrogen-bond donors (Lipinski definition) is 1. The van der Waals surface area contributed by atoms with E-state index in [1.54, 1.807) is 0 Å². The zero-order valence-corrected chi connectivity index (χ0v) is 13.4. The Hall–Kier alpha value is -1.88. The molecular formula is C15H20ClN5. The average Bonchev–Trinajstić information content (AvgIpc) is 2.51. The van der Waals surface area contributed by atoms with Gasteiger partial charge in [-0.1, -0.05) is 26.0 Å². The van der Waals surface area contributed by atoms with Crippen LogP contribution in [-0.4, -0.2) is 28.5 Å². The Balaban J connectivity index is 2.24. The Morgan fingerprint density at radius 3 is 2.43 bits per heavy atom. The third-order valence-electron chi connectivity index (χ3n) is 3.16. The molecule has 5 nitrogen and oxygen atoms in total. The van der Waals surface area contributed by atoms with E-state index in [9.17, 15) is 0 Å². The molecule has 0 atom stereocenters. The lowest BCUT2D eigenvalue weighted by molar-refractivity contribution is 0.926. The largest absolute Gasteiger partial charge is 0.354 e. The first-order valence-electron chi connectivity index (χ1n) is 7.12. The van der Waals surface area contributed by atoms with E-state index < -0.39 is 0 Å². The van der Waals surface area contributed by atoms with Gasteiger partial charge in [0.2, 0.25) is 17.2 Å². The zero-order chi connectivity index (χ0) is 15.2. The van der Waals surface area contributed by atoms with Crippen molar-refractivity contribution < 1.29 is 0 Å². The van der Waals surface area contributed by atoms with E-state index in [-0.39, 0.29) is 5.28 Å². The molecule has 1 N–H and O–H groups in total. The maximum Gasteiger partial charge on any atom is 0.235 e. The summed E-state index contributed by atoms with van der Waals surface area (Å²) < 4.78 is 0. The number of rotatable bonds is 6. The first kappa shape index (κ1) is 15.5. The maximum atomic E-state index is 5.98. The number of aromatic nitrogens is 3. The highest BCUT2D eigenvalue weighted by atomic mass is 35.5. The number of hydrogen-bond acceptors (Lipinski definition) is 5. The van der Waals surface area contributed by atoms with Gasteiger partial charge in [0.25, 0.3) is 0 Å². The Bertz CT molecular complexity index is 585. The zero-order valence-electron chi connectivity index (χ0n) is 12.6. The van der Waals surface area contributed by atoms with Crippen LogP contribution in [-0.2, 0) is 6.42 Å². The number of halogens is 1. The molecule has 0 aliphatic rings. The minimum absolute atomic E-state index is 0.190. The highest BCUT2D eigenvalue weighted by molar-refractivity contribution is 6.28. The van der Waals surface area contributed by atoms with Crippen molar-refractivity contribution in [2.75, 3.05) is 23.8 Å². The number of benzene rings is 1. The Kier molecular flexibility index (Phi) is 5.33. The molecule has 0 unspecified atom stereocenters. The summed E-state index contributed by atoms with van der Waals surface area (Å²) in [5.74, 6) is 1.03. The number of anilines is 3. The average molecular weight is 306 g/mol. The van der Waals surface area contributed by atoms with Crippen LogP contribution in [0.1, 0.15) is 25.8 Å². The van der Waals surface area contributed by atoms with Crippen LogP contribution in [0, 0.1) is 0 Å². The second kappa shape index (κ2) is 7.22. The highest BCUT2D eigenvalue weighted by Gasteiger charge is 2.11. The molecule has 2 rings (SSSR count). The maximum absolute atomic E-state index is 5.98. The van der Waals surface area contributed by atoms with Crippen LogP contribution in [0.15, 0.2) is 24.3 Å². The van der Waals surface area contributed by atoms with Crippen LogP contribution in [0.25, 0.3) is 0 Å². The van der Waals surface area contributed by atoms with Gasteiger partial charge < -0.3 is 10.2 Å². The van der Waals surface area contributed by atoms with E-state index in [1.165, 1.54) is 5.56 Å². The van der Waals surface area contributed by atoms with Gasteiger partial charge in [0.15, 0.2) is 0 Å². The lowest BCUT2D eigenvalue weighted by Crippen LogP contribution is -2.15. The van der Waals surface area contributed by atoms with Crippen LogP contribution in [0.2, 0.25) is 5.28 Å². The topological polar surface area (TPSA) is 53.9 Å². The summed E-state index contributed by atoms with van der Waals surface area (Å²) in [6, 6.07) is 8.31. The normalized spacial score (nSPS) is 10.5. The molecule has 6 heteroatoms. The number of nitrogens with one attached hydrogen (secondary N) is 1. The van der Waals surface area contributed by atoms with Crippen molar-refractivity contribution in [3.05, 3.63) is 35.1 Å². The summed E-state index contributed by atoms with van der Waals surface area (Å²) in [6.45, 7) is 5.02. The Morgan fingerprint density at radius 1 is 1.10 bits per heavy atom. The highest BCUT2D eigenvalue weighted by Crippen LogP contribution is 2.22. The molecule has 0 amide bonds. The van der Waals surface area contributed by atoms with Gasteiger partial charge in [0.05, 0.1) is 0 Å². The van der Waals surface area contributed by atoms with Crippen molar-refractivity contribution in [2.24, 2.45) is 0 Å². The van der Waals surface area contributed by atoms with Crippen molar-refractivity contribution in [2.45, 2.75) is 26.7 Å². The van der Waals surface area contributed by atoms with Gasteiger partial charge in [0, 0.05) is 19.3 Å². The smallest absolute Gasteiger partial charge is 0.235 e. The van der Waals surface area contributed by atoms with Crippen LogP contribution in [0.4, 0.5) is 17.6 Å². The standard InChI is InChI=1S/C15H20ClN5/c1-4-10-17-14-18-13(16)19-15(20-14)21(3)12-8-6-11(5-2)7-9-12/h6-9H,4-5,10H2,1-3H3,(H,17,18,19,20). The van der Waals surface area contributed by atoms with Gasteiger partial charge in [-0.2, -0.15) is 15.0 Å². The van der Waals surface area contributed by atoms with Crippen molar-refractivity contribution in [3.63, 3.8) is 0 Å². The molecular weight excluding hydrogens is 286 g/mol. The van der Waals surface area contributed by atoms with Gasteiger partial charge in [-0.15, -0.1) is 0 Å². The molecule has 0 saturated carbocycles. The van der Waals surface area contributed by atoms with E-state index in [0.29, 0.717) is 11.9 Å². The third-order valence-corrected chi connectivity index (χ3v) is 3.33. The fraction of sp³-hybridized carbons (Fsp3) is 0.400. The predicted molar refractivity (Wildman–Crippen MR) is 87.5 cm³/mol. The fourth-order valence-electron chi connectivity index (χ4n) is 1.88. The van der Waals surface area contributed by atoms with E-state index >= 15 is 0 Å². The van der Waals surface area contributed by atoms with Crippen molar-refractivity contribution in [1.29, 1.82) is 0 Å². The Labute approximate surface area is 130 Å². The van der Waals surface area contributed by atoms with Gasteiger partial charge in [-0.25, -0.2) is 0 Å². The molecule has 0 saturated heterocycles. The van der Waals surface area contributed by atoms with Crippen LogP contribution >= 0.6 is 11.6 Å². The summed E-state index contributed by atoms with van der Waals surface area (Å²) in [7, 11) is 1.91. The summed E-state index contributed by atoms with van der Waals surface area (Å²) in [4.78, 5) is 14.6. The number of nitrogens with zero attached hydrogens (tertiary/aromatic N) is 4. The lowest BCUT2D eigenvalue weighted by Gasteiger charge is -2.18. The molecule has 0 radical (unpaired) electrons. The first-order valence-corrected chi connectivity index (χ1v) is 7.50. The van der Waals surface area contributed by atoms with E-state index in [2.05, 4.69) is 58.4 Å². The molecule has 2 aromatic rings. The number of aryl methyl sites for hydroxylation is 1. The van der Waals surface area contributed by atoms with Gasteiger partial charge >= 0.3 is 0 Å². The summed E-state index contributed by atoms with van der Waals surface area (Å²) in [5, 5.41) is 3.32. The molecule has 112 valence electrons. The molecule has 21 heavy (non-hydrogen) atoms. The quantitative estimate of drug-likeness (QED) is 0.882. The van der Waals surface area contributed by atoms with Crippen molar-refractivity contribution >= 4 is 29.2 Å². The van der Waals surface area contributed by atoms with Crippen LogP contribution in [0.3, 0.4) is 0 Å². The molecule has 0 aliphatic carbocycles. The predicted octanol–water partition coefficient (Wildman–Crippen LogP) is 3.68. The Morgan fingerprint density at radius 2 is 1.81 bits per heavy atom. The molecule has 1 heterocycles. The monoisotopic (exact) mass is 305 g/mol. The first-order chi connectivity index (χ1) is 10.1. The van der Waals surface area contributed by atoms with Crippen molar-refractivity contribution in [3.8, 4) is 0 Å². The van der Waals surface area contributed by atoms with Gasteiger partial charge in [-0.05, 0) is 42.1 Å². The summed E-state index contributed by atoms with van der Waals surface area (Å²) in [6.07, 6.45) is 2.01. The molecule has 1 aromatic carbocycles. The third kappa shape index (κ3) is 4.04. The van der Waals surface area contributed by atoms with Gasteiger partial charge in [-0.3, -0.25) is 0 Å². The molecule has 0 spiro atoms. The van der Waals surface area contributed by atoms with Crippen LogP contribution < -0.4 is 10.2 Å². The second-order valence-corrected chi connectivity index (χ2v) is 5.07. The molecule has 0 aliphatic heterocycles. The lowest BCUT2D eigenvalue weighted by atomic mass is 10.1. The molecule has 1 aromatic heterocycles. The summed E-state index contributed by atoms with van der Waals surface area (Å²) in [5.41, 5.74) is 2.31. The molecule has 0 bridgehead atoms. The summed E-state index contributed by atoms with van der Waals surface area (Å²) >= 11 is 5.98. The minimum Gasteiger partial charge on any atom is -0.354 e. The van der Waals surface area contributed by atoms with E-state index in [1.807, 2.05) is 11.9 Å². The SMILES string of the molecule is CCCNc1nc(Cl)nc(N(C)c2ccc(CC)cc2)n1.